The van der Waals surface area contributed by atoms with Crippen molar-refractivity contribution in [2.24, 2.45) is 0 Å². The van der Waals surface area contributed by atoms with Crippen LogP contribution in [0.2, 0.25) is 0 Å². The summed E-state index contributed by atoms with van der Waals surface area (Å²) in [5.74, 6) is -0.300. The molecule has 1 fully saturated rings. The molecule has 2 atom stereocenters. The van der Waals surface area contributed by atoms with E-state index in [-0.39, 0.29) is 18.5 Å². The quantitative estimate of drug-likeness (QED) is 0.866. The fourth-order valence-electron chi connectivity index (χ4n) is 2.75. The van der Waals surface area contributed by atoms with Crippen molar-refractivity contribution in [2.45, 2.75) is 37.3 Å². The SMILES string of the molecule is COC1CCCCC1(CO)Nc1ccccc1F. The molecule has 0 aliphatic heterocycles. The molecule has 1 aliphatic rings. The summed E-state index contributed by atoms with van der Waals surface area (Å²) in [6.45, 7) is -0.0557. The third kappa shape index (κ3) is 2.49. The summed E-state index contributed by atoms with van der Waals surface area (Å²) in [5.41, 5.74) is -0.148. The highest BCUT2D eigenvalue weighted by molar-refractivity contribution is 5.47. The summed E-state index contributed by atoms with van der Waals surface area (Å²) < 4.78 is 19.2. The first-order valence-corrected chi connectivity index (χ1v) is 6.38. The number of anilines is 1. The third-order valence-corrected chi connectivity index (χ3v) is 3.78. The standard InChI is InChI=1S/C14H20FNO2/c1-18-13-8-4-5-9-14(13,10-17)16-12-7-3-2-6-11(12)15/h2-3,6-7,13,16-17H,4-5,8-10H2,1H3. The molecule has 0 bridgehead atoms. The van der Waals surface area contributed by atoms with Crippen LogP contribution in [0, 0.1) is 5.82 Å². The van der Waals surface area contributed by atoms with E-state index in [1.165, 1.54) is 6.07 Å². The molecule has 1 aliphatic carbocycles. The lowest BCUT2D eigenvalue weighted by Crippen LogP contribution is -2.55. The van der Waals surface area contributed by atoms with Crippen LogP contribution in [0.5, 0.6) is 0 Å². The van der Waals surface area contributed by atoms with Gasteiger partial charge in [0.2, 0.25) is 0 Å². The van der Waals surface area contributed by atoms with Crippen LogP contribution in [0.1, 0.15) is 25.7 Å². The van der Waals surface area contributed by atoms with E-state index in [9.17, 15) is 9.50 Å². The summed E-state index contributed by atoms with van der Waals surface area (Å²) in [7, 11) is 1.64. The van der Waals surface area contributed by atoms with Crippen LogP contribution in [-0.4, -0.2) is 30.5 Å². The molecule has 0 aromatic heterocycles. The predicted octanol–water partition coefficient (Wildman–Crippen LogP) is 2.56. The number of methoxy groups -OCH3 is 1. The Kier molecular flexibility index (Phi) is 4.19. The predicted molar refractivity (Wildman–Crippen MR) is 69.1 cm³/mol. The smallest absolute Gasteiger partial charge is 0.146 e. The van der Waals surface area contributed by atoms with Gasteiger partial charge in [0.15, 0.2) is 0 Å². The van der Waals surface area contributed by atoms with Gasteiger partial charge in [0, 0.05) is 7.11 Å². The van der Waals surface area contributed by atoms with Gasteiger partial charge in [-0.05, 0) is 25.0 Å². The minimum absolute atomic E-state index is 0.0557. The Morgan fingerprint density at radius 3 is 2.89 bits per heavy atom. The first kappa shape index (κ1) is 13.3. The van der Waals surface area contributed by atoms with Gasteiger partial charge >= 0.3 is 0 Å². The van der Waals surface area contributed by atoms with Gasteiger partial charge in [0.05, 0.1) is 23.9 Å². The second-order valence-electron chi connectivity index (χ2n) is 4.89. The molecule has 100 valence electrons. The lowest BCUT2D eigenvalue weighted by molar-refractivity contribution is -0.00868. The van der Waals surface area contributed by atoms with Gasteiger partial charge in [-0.15, -0.1) is 0 Å². The molecule has 0 radical (unpaired) electrons. The number of halogens is 1. The van der Waals surface area contributed by atoms with Crippen molar-refractivity contribution in [2.75, 3.05) is 19.0 Å². The van der Waals surface area contributed by atoms with Crippen LogP contribution in [0.4, 0.5) is 10.1 Å². The van der Waals surface area contributed by atoms with E-state index in [2.05, 4.69) is 5.32 Å². The Morgan fingerprint density at radius 1 is 1.44 bits per heavy atom. The van der Waals surface area contributed by atoms with E-state index >= 15 is 0 Å². The number of nitrogens with one attached hydrogen (secondary N) is 1. The lowest BCUT2D eigenvalue weighted by atomic mass is 9.79. The molecular formula is C14H20FNO2. The zero-order valence-corrected chi connectivity index (χ0v) is 10.7. The number of rotatable bonds is 4. The fraction of sp³-hybridized carbons (Fsp3) is 0.571. The Balaban J connectivity index is 2.24. The first-order chi connectivity index (χ1) is 8.72. The summed E-state index contributed by atoms with van der Waals surface area (Å²) in [6.07, 6.45) is 3.69. The number of para-hydroxylation sites is 1. The number of benzene rings is 1. The van der Waals surface area contributed by atoms with Gasteiger partial charge in [-0.3, -0.25) is 0 Å². The zero-order valence-electron chi connectivity index (χ0n) is 10.7. The Morgan fingerprint density at radius 2 is 2.22 bits per heavy atom. The molecule has 1 saturated carbocycles. The summed E-state index contributed by atoms with van der Waals surface area (Å²) in [5, 5.41) is 12.9. The van der Waals surface area contributed by atoms with Crippen LogP contribution in [0.15, 0.2) is 24.3 Å². The number of aliphatic hydroxyl groups is 1. The van der Waals surface area contributed by atoms with E-state index in [0.29, 0.717) is 5.69 Å². The van der Waals surface area contributed by atoms with E-state index in [0.717, 1.165) is 25.7 Å². The number of ether oxygens (including phenoxy) is 1. The van der Waals surface area contributed by atoms with E-state index in [4.69, 9.17) is 4.74 Å². The molecule has 1 aromatic carbocycles. The van der Waals surface area contributed by atoms with Crippen molar-refractivity contribution in [3.05, 3.63) is 30.1 Å². The van der Waals surface area contributed by atoms with Crippen LogP contribution in [0.25, 0.3) is 0 Å². The monoisotopic (exact) mass is 253 g/mol. The Labute approximate surface area is 107 Å². The number of hydrogen-bond acceptors (Lipinski definition) is 3. The molecule has 2 N–H and O–H groups in total. The molecule has 2 rings (SSSR count). The highest BCUT2D eigenvalue weighted by Gasteiger charge is 2.41. The summed E-state index contributed by atoms with van der Waals surface area (Å²) >= 11 is 0. The minimum Gasteiger partial charge on any atom is -0.394 e. The van der Waals surface area contributed by atoms with E-state index in [1.807, 2.05) is 0 Å². The fourth-order valence-corrected chi connectivity index (χ4v) is 2.75. The highest BCUT2D eigenvalue weighted by Crippen LogP contribution is 2.34. The molecule has 0 spiro atoms. The molecule has 3 nitrogen and oxygen atoms in total. The summed E-state index contributed by atoms with van der Waals surface area (Å²) in [4.78, 5) is 0. The molecule has 0 saturated heterocycles. The second-order valence-corrected chi connectivity index (χ2v) is 4.89. The van der Waals surface area contributed by atoms with Gasteiger partial charge in [-0.2, -0.15) is 0 Å². The van der Waals surface area contributed by atoms with Crippen LogP contribution in [-0.2, 0) is 4.74 Å². The number of hydrogen-bond donors (Lipinski definition) is 2. The van der Waals surface area contributed by atoms with E-state index < -0.39 is 5.54 Å². The van der Waals surface area contributed by atoms with Crippen molar-refractivity contribution < 1.29 is 14.2 Å². The van der Waals surface area contributed by atoms with Gasteiger partial charge in [-0.1, -0.05) is 25.0 Å². The molecule has 0 heterocycles. The first-order valence-electron chi connectivity index (χ1n) is 6.38. The van der Waals surface area contributed by atoms with Gasteiger partial charge in [0.25, 0.3) is 0 Å². The Hall–Kier alpha value is -1.13. The highest BCUT2D eigenvalue weighted by atomic mass is 19.1. The average Bonchev–Trinajstić information content (AvgIpc) is 2.42. The van der Waals surface area contributed by atoms with Crippen molar-refractivity contribution in [1.29, 1.82) is 0 Å². The molecule has 1 aromatic rings. The summed E-state index contributed by atoms with van der Waals surface area (Å²) in [6, 6.07) is 6.54. The second kappa shape index (κ2) is 5.67. The maximum atomic E-state index is 13.7. The molecule has 0 amide bonds. The van der Waals surface area contributed by atoms with Crippen molar-refractivity contribution in [1.82, 2.24) is 0 Å². The normalized spacial score (nSPS) is 28.1. The zero-order chi connectivity index (χ0) is 13.0. The average molecular weight is 253 g/mol. The largest absolute Gasteiger partial charge is 0.394 e. The van der Waals surface area contributed by atoms with Gasteiger partial charge < -0.3 is 15.2 Å². The Bertz CT molecular complexity index is 399. The van der Waals surface area contributed by atoms with Crippen LogP contribution in [0.3, 0.4) is 0 Å². The maximum Gasteiger partial charge on any atom is 0.146 e. The number of aliphatic hydroxyl groups excluding tert-OH is 1. The third-order valence-electron chi connectivity index (χ3n) is 3.78. The van der Waals surface area contributed by atoms with Crippen molar-refractivity contribution in [3.8, 4) is 0 Å². The van der Waals surface area contributed by atoms with E-state index in [1.54, 1.807) is 25.3 Å². The lowest BCUT2D eigenvalue weighted by Gasteiger charge is -2.43. The van der Waals surface area contributed by atoms with Crippen LogP contribution >= 0.6 is 0 Å². The van der Waals surface area contributed by atoms with Crippen molar-refractivity contribution in [3.63, 3.8) is 0 Å². The van der Waals surface area contributed by atoms with Crippen molar-refractivity contribution >= 4 is 5.69 Å². The molecular weight excluding hydrogens is 233 g/mol. The molecule has 2 unspecified atom stereocenters. The van der Waals surface area contributed by atoms with Gasteiger partial charge in [0.1, 0.15) is 5.82 Å². The topological polar surface area (TPSA) is 41.5 Å². The maximum absolute atomic E-state index is 13.7. The minimum atomic E-state index is -0.574. The molecule has 4 heteroatoms. The van der Waals surface area contributed by atoms with Gasteiger partial charge in [-0.25, -0.2) is 4.39 Å². The molecule has 18 heavy (non-hydrogen) atoms. The van der Waals surface area contributed by atoms with Crippen LogP contribution < -0.4 is 5.32 Å².